The van der Waals surface area contributed by atoms with Crippen LogP contribution in [0.3, 0.4) is 0 Å². The normalized spacial score (nSPS) is 20.3. The molecule has 0 aliphatic carbocycles. The standard InChI is InChI=1S/C15H20Cl2N2O3S/c1-10-5-3-4-8-19(10)15(20)11(2)18-23(21,22)12-6-7-13(16)14(17)9-12/h6-7,9-11,18H,3-5,8H2,1-2H3. The Balaban J connectivity index is 2.12. The fourth-order valence-corrected chi connectivity index (χ4v) is 4.25. The lowest BCUT2D eigenvalue weighted by Crippen LogP contribution is -2.51. The van der Waals surface area contributed by atoms with Crippen molar-refractivity contribution in [3.8, 4) is 0 Å². The summed E-state index contributed by atoms with van der Waals surface area (Å²) in [5.74, 6) is -0.208. The van der Waals surface area contributed by atoms with Crippen LogP contribution >= 0.6 is 23.2 Å². The Kier molecular flexibility index (Phi) is 5.94. The number of benzene rings is 1. The fraction of sp³-hybridized carbons (Fsp3) is 0.533. The number of hydrogen-bond acceptors (Lipinski definition) is 3. The SMILES string of the molecule is CC(NS(=O)(=O)c1ccc(Cl)c(Cl)c1)C(=O)N1CCCCC1C. The van der Waals surface area contributed by atoms with Crippen LogP contribution in [0.1, 0.15) is 33.1 Å². The average Bonchev–Trinajstić information content (AvgIpc) is 2.49. The molecule has 1 N–H and O–H groups in total. The van der Waals surface area contributed by atoms with Crippen molar-refractivity contribution in [1.82, 2.24) is 9.62 Å². The van der Waals surface area contributed by atoms with Crippen LogP contribution in [-0.2, 0) is 14.8 Å². The summed E-state index contributed by atoms with van der Waals surface area (Å²) in [5.41, 5.74) is 0. The maximum Gasteiger partial charge on any atom is 0.241 e. The summed E-state index contributed by atoms with van der Waals surface area (Å²) < 4.78 is 27.2. The molecule has 0 bridgehead atoms. The number of sulfonamides is 1. The van der Waals surface area contributed by atoms with Crippen LogP contribution in [0.5, 0.6) is 0 Å². The first-order valence-corrected chi connectivity index (χ1v) is 9.74. The summed E-state index contributed by atoms with van der Waals surface area (Å²) in [6.07, 6.45) is 2.98. The van der Waals surface area contributed by atoms with E-state index in [1.165, 1.54) is 18.2 Å². The summed E-state index contributed by atoms with van der Waals surface area (Å²) >= 11 is 11.7. The number of hydrogen-bond donors (Lipinski definition) is 1. The van der Waals surface area contributed by atoms with E-state index in [1.807, 2.05) is 6.92 Å². The Bertz CT molecular complexity index is 694. The molecule has 1 heterocycles. The number of amides is 1. The van der Waals surface area contributed by atoms with Crippen LogP contribution in [0.25, 0.3) is 0 Å². The molecule has 1 aliphatic rings. The minimum absolute atomic E-state index is 0.0155. The Labute approximate surface area is 147 Å². The first-order chi connectivity index (χ1) is 10.7. The molecule has 1 fully saturated rings. The number of carbonyl (C=O) groups excluding carboxylic acids is 1. The molecule has 2 rings (SSSR count). The molecule has 23 heavy (non-hydrogen) atoms. The van der Waals surface area contributed by atoms with Gasteiger partial charge in [0.25, 0.3) is 0 Å². The van der Waals surface area contributed by atoms with Crippen LogP contribution < -0.4 is 4.72 Å². The minimum atomic E-state index is -3.84. The molecule has 0 saturated carbocycles. The summed E-state index contributed by atoms with van der Waals surface area (Å²) in [5, 5.41) is 0.426. The molecule has 1 aromatic rings. The van der Waals surface area contributed by atoms with Crippen molar-refractivity contribution in [2.24, 2.45) is 0 Å². The molecule has 2 unspecified atom stereocenters. The molecular weight excluding hydrogens is 359 g/mol. The largest absolute Gasteiger partial charge is 0.339 e. The first kappa shape index (κ1) is 18.5. The van der Waals surface area contributed by atoms with Crippen LogP contribution in [-0.4, -0.2) is 37.9 Å². The quantitative estimate of drug-likeness (QED) is 0.875. The number of nitrogens with one attached hydrogen (secondary N) is 1. The highest BCUT2D eigenvalue weighted by Gasteiger charge is 2.29. The molecule has 0 spiro atoms. The number of rotatable bonds is 4. The van der Waals surface area contributed by atoms with Gasteiger partial charge in [0.15, 0.2) is 0 Å². The molecular formula is C15H20Cl2N2O3S. The molecule has 2 atom stereocenters. The predicted octanol–water partition coefficient (Wildman–Crippen LogP) is 3.06. The van der Waals surface area contributed by atoms with E-state index in [1.54, 1.807) is 11.8 Å². The second-order valence-corrected chi connectivity index (χ2v) is 8.32. The molecule has 1 aliphatic heterocycles. The molecule has 1 saturated heterocycles. The van der Waals surface area contributed by atoms with Crippen molar-refractivity contribution in [3.05, 3.63) is 28.2 Å². The van der Waals surface area contributed by atoms with E-state index >= 15 is 0 Å². The topological polar surface area (TPSA) is 66.5 Å². The third-order valence-corrected chi connectivity index (χ3v) is 6.27. The second kappa shape index (κ2) is 7.38. The van der Waals surface area contributed by atoms with Gasteiger partial charge in [0, 0.05) is 12.6 Å². The predicted molar refractivity (Wildman–Crippen MR) is 91.3 cm³/mol. The fourth-order valence-electron chi connectivity index (χ4n) is 2.67. The minimum Gasteiger partial charge on any atom is -0.339 e. The Morgan fingerprint density at radius 2 is 2.00 bits per heavy atom. The highest BCUT2D eigenvalue weighted by Crippen LogP contribution is 2.25. The highest BCUT2D eigenvalue weighted by atomic mass is 35.5. The zero-order valence-corrected chi connectivity index (χ0v) is 15.4. The van der Waals surface area contributed by atoms with E-state index in [0.717, 1.165) is 19.3 Å². The Morgan fingerprint density at radius 3 is 2.61 bits per heavy atom. The number of carbonyl (C=O) groups is 1. The van der Waals surface area contributed by atoms with Crippen LogP contribution in [0, 0.1) is 0 Å². The molecule has 0 radical (unpaired) electrons. The van der Waals surface area contributed by atoms with Crippen molar-refractivity contribution in [2.45, 2.75) is 50.1 Å². The van der Waals surface area contributed by atoms with Gasteiger partial charge < -0.3 is 4.90 Å². The van der Waals surface area contributed by atoms with Gasteiger partial charge >= 0.3 is 0 Å². The smallest absolute Gasteiger partial charge is 0.241 e. The van der Waals surface area contributed by atoms with Gasteiger partial charge in [-0.25, -0.2) is 8.42 Å². The van der Waals surface area contributed by atoms with Crippen LogP contribution in [0.2, 0.25) is 10.0 Å². The zero-order valence-electron chi connectivity index (χ0n) is 13.1. The van der Waals surface area contributed by atoms with E-state index in [0.29, 0.717) is 6.54 Å². The highest BCUT2D eigenvalue weighted by molar-refractivity contribution is 7.89. The molecule has 1 aromatic carbocycles. The van der Waals surface area contributed by atoms with Crippen molar-refractivity contribution < 1.29 is 13.2 Å². The van der Waals surface area contributed by atoms with E-state index in [-0.39, 0.29) is 26.9 Å². The van der Waals surface area contributed by atoms with Crippen molar-refractivity contribution in [2.75, 3.05) is 6.54 Å². The molecule has 128 valence electrons. The molecule has 0 aromatic heterocycles. The third-order valence-electron chi connectivity index (χ3n) is 3.99. The van der Waals surface area contributed by atoms with Gasteiger partial charge in [0.05, 0.1) is 21.0 Å². The van der Waals surface area contributed by atoms with Gasteiger partial charge in [-0.2, -0.15) is 4.72 Å². The number of piperidine rings is 1. The van der Waals surface area contributed by atoms with E-state index < -0.39 is 16.1 Å². The first-order valence-electron chi connectivity index (χ1n) is 7.50. The number of nitrogens with zero attached hydrogens (tertiary/aromatic N) is 1. The molecule has 1 amide bonds. The monoisotopic (exact) mass is 378 g/mol. The lowest BCUT2D eigenvalue weighted by Gasteiger charge is -2.35. The van der Waals surface area contributed by atoms with E-state index in [9.17, 15) is 13.2 Å². The maximum absolute atomic E-state index is 12.5. The maximum atomic E-state index is 12.5. The van der Waals surface area contributed by atoms with Gasteiger partial charge in [-0.3, -0.25) is 4.79 Å². The Hall–Kier alpha value is -0.820. The average molecular weight is 379 g/mol. The van der Waals surface area contributed by atoms with Crippen LogP contribution in [0.4, 0.5) is 0 Å². The van der Waals surface area contributed by atoms with Gasteiger partial charge in [0.2, 0.25) is 15.9 Å². The van der Waals surface area contributed by atoms with Crippen molar-refractivity contribution >= 4 is 39.1 Å². The lowest BCUT2D eigenvalue weighted by atomic mass is 10.0. The van der Waals surface area contributed by atoms with Crippen molar-refractivity contribution in [1.29, 1.82) is 0 Å². The van der Waals surface area contributed by atoms with Gasteiger partial charge in [-0.1, -0.05) is 23.2 Å². The Morgan fingerprint density at radius 1 is 1.30 bits per heavy atom. The van der Waals surface area contributed by atoms with Crippen molar-refractivity contribution in [3.63, 3.8) is 0 Å². The van der Waals surface area contributed by atoms with Gasteiger partial charge in [-0.15, -0.1) is 0 Å². The van der Waals surface area contributed by atoms with E-state index in [2.05, 4.69) is 4.72 Å². The summed E-state index contributed by atoms with van der Waals surface area (Å²) in [4.78, 5) is 14.2. The number of likely N-dealkylation sites (tertiary alicyclic amines) is 1. The van der Waals surface area contributed by atoms with E-state index in [4.69, 9.17) is 23.2 Å². The second-order valence-electron chi connectivity index (χ2n) is 5.80. The summed E-state index contributed by atoms with van der Waals surface area (Å²) in [7, 11) is -3.84. The molecule has 8 heteroatoms. The number of halogens is 2. The summed E-state index contributed by atoms with van der Waals surface area (Å²) in [6.45, 7) is 4.20. The van der Waals surface area contributed by atoms with Gasteiger partial charge in [-0.05, 0) is 51.3 Å². The summed E-state index contributed by atoms with van der Waals surface area (Å²) in [6, 6.07) is 3.34. The molecule has 5 nitrogen and oxygen atoms in total. The lowest BCUT2D eigenvalue weighted by molar-refractivity contribution is -0.135. The third kappa shape index (κ3) is 4.38. The van der Waals surface area contributed by atoms with Crippen LogP contribution in [0.15, 0.2) is 23.1 Å². The van der Waals surface area contributed by atoms with Gasteiger partial charge in [0.1, 0.15) is 0 Å². The zero-order chi connectivity index (χ0) is 17.2.